The average Bonchev–Trinajstić information content (AvgIpc) is 3.27. The Morgan fingerprint density at radius 2 is 2.00 bits per heavy atom. The number of morpholine rings is 1. The van der Waals surface area contributed by atoms with Gasteiger partial charge < -0.3 is 15.0 Å². The Balaban J connectivity index is 1.28. The van der Waals surface area contributed by atoms with E-state index in [0.29, 0.717) is 12.2 Å². The van der Waals surface area contributed by atoms with E-state index in [1.807, 2.05) is 17.5 Å². The monoisotopic (exact) mass is 424 g/mol. The van der Waals surface area contributed by atoms with Crippen molar-refractivity contribution in [3.8, 4) is 10.6 Å². The van der Waals surface area contributed by atoms with Crippen LogP contribution in [0.4, 0.5) is 10.2 Å². The Morgan fingerprint density at radius 1 is 1.20 bits per heavy atom. The van der Waals surface area contributed by atoms with Gasteiger partial charge in [-0.2, -0.15) is 0 Å². The van der Waals surface area contributed by atoms with Crippen LogP contribution in [0.15, 0.2) is 54.1 Å². The number of hydrogen-bond donors (Lipinski definition) is 1. The number of ether oxygens (including phenoxy) is 1. The summed E-state index contributed by atoms with van der Waals surface area (Å²) in [5, 5.41) is 5.48. The van der Waals surface area contributed by atoms with Crippen molar-refractivity contribution < 1.29 is 13.9 Å². The van der Waals surface area contributed by atoms with Gasteiger partial charge in [0, 0.05) is 42.9 Å². The van der Waals surface area contributed by atoms with Gasteiger partial charge in [-0.05, 0) is 42.0 Å². The predicted molar refractivity (Wildman–Crippen MR) is 116 cm³/mol. The normalized spacial score (nSPS) is 14.2. The van der Waals surface area contributed by atoms with E-state index in [1.54, 1.807) is 24.4 Å². The Kier molecular flexibility index (Phi) is 6.46. The van der Waals surface area contributed by atoms with Crippen LogP contribution in [0.5, 0.6) is 0 Å². The summed E-state index contributed by atoms with van der Waals surface area (Å²) in [6, 6.07) is 10.1. The number of carbonyl (C=O) groups is 1. The van der Waals surface area contributed by atoms with Crippen molar-refractivity contribution in [3.63, 3.8) is 0 Å². The van der Waals surface area contributed by atoms with E-state index in [4.69, 9.17) is 4.74 Å². The molecule has 1 fully saturated rings. The predicted octanol–water partition coefficient (Wildman–Crippen LogP) is 3.51. The van der Waals surface area contributed by atoms with Gasteiger partial charge in [-0.1, -0.05) is 6.07 Å². The van der Waals surface area contributed by atoms with Crippen molar-refractivity contribution >= 4 is 29.1 Å². The third-order valence-electron chi connectivity index (χ3n) is 4.63. The zero-order chi connectivity index (χ0) is 20.8. The highest BCUT2D eigenvalue weighted by Gasteiger charge is 2.12. The minimum absolute atomic E-state index is 0.205. The lowest BCUT2D eigenvalue weighted by molar-refractivity contribution is -0.116. The Hall–Kier alpha value is -3.10. The second kappa shape index (κ2) is 9.60. The zero-order valence-electron chi connectivity index (χ0n) is 16.3. The number of pyridine rings is 1. The number of hydrogen-bond acceptors (Lipinski definition) is 6. The standard InChI is InChI=1S/C22H21FN4O2S/c23-18-4-2-17(3-5-18)22-26-19(15-30-22)6-8-21(28)25-14-16-1-7-20(24-13-16)27-9-11-29-12-10-27/h1-8,13,15H,9-12,14H2,(H,25,28)/b8-6+. The molecule has 0 saturated carbocycles. The number of nitrogens with one attached hydrogen (secondary N) is 1. The molecule has 154 valence electrons. The molecule has 8 heteroatoms. The van der Waals surface area contributed by atoms with Crippen molar-refractivity contribution in [2.75, 3.05) is 31.2 Å². The Bertz CT molecular complexity index is 1010. The van der Waals surface area contributed by atoms with Gasteiger partial charge in [0.2, 0.25) is 5.91 Å². The molecule has 0 unspecified atom stereocenters. The summed E-state index contributed by atoms with van der Waals surface area (Å²) in [4.78, 5) is 23.2. The molecule has 0 aliphatic carbocycles. The van der Waals surface area contributed by atoms with Crippen LogP contribution in [0, 0.1) is 5.82 Å². The lowest BCUT2D eigenvalue weighted by Crippen LogP contribution is -2.36. The third-order valence-corrected chi connectivity index (χ3v) is 5.54. The summed E-state index contributed by atoms with van der Waals surface area (Å²) >= 11 is 1.45. The summed E-state index contributed by atoms with van der Waals surface area (Å²) in [5.74, 6) is 0.440. The SMILES string of the molecule is O=C(/C=C/c1csc(-c2ccc(F)cc2)n1)NCc1ccc(N2CCOCC2)nc1. The van der Waals surface area contributed by atoms with Gasteiger partial charge in [-0.3, -0.25) is 4.79 Å². The molecule has 1 aliphatic rings. The van der Waals surface area contributed by atoms with Crippen LogP contribution in [0.25, 0.3) is 16.6 Å². The highest BCUT2D eigenvalue weighted by molar-refractivity contribution is 7.13. The fourth-order valence-corrected chi connectivity index (χ4v) is 3.79. The van der Waals surface area contributed by atoms with Gasteiger partial charge >= 0.3 is 0 Å². The number of halogens is 1. The van der Waals surface area contributed by atoms with Crippen molar-refractivity contribution in [1.82, 2.24) is 15.3 Å². The molecule has 4 rings (SSSR count). The molecule has 3 heterocycles. The largest absolute Gasteiger partial charge is 0.378 e. The summed E-state index contributed by atoms with van der Waals surface area (Å²) in [5.41, 5.74) is 2.46. The zero-order valence-corrected chi connectivity index (χ0v) is 17.1. The number of aromatic nitrogens is 2. The topological polar surface area (TPSA) is 67.4 Å². The summed E-state index contributed by atoms with van der Waals surface area (Å²) < 4.78 is 18.4. The number of amides is 1. The molecule has 30 heavy (non-hydrogen) atoms. The van der Waals surface area contributed by atoms with E-state index in [-0.39, 0.29) is 11.7 Å². The first-order valence-corrected chi connectivity index (χ1v) is 10.5. The highest BCUT2D eigenvalue weighted by Crippen LogP contribution is 2.24. The van der Waals surface area contributed by atoms with Crippen molar-refractivity contribution in [3.05, 3.63) is 71.1 Å². The molecule has 1 N–H and O–H groups in total. The summed E-state index contributed by atoms with van der Waals surface area (Å²) in [7, 11) is 0. The third kappa shape index (κ3) is 5.28. The summed E-state index contributed by atoms with van der Waals surface area (Å²) in [6.45, 7) is 3.52. The van der Waals surface area contributed by atoms with Crippen LogP contribution in [-0.4, -0.2) is 42.2 Å². The van der Waals surface area contributed by atoms with Crippen LogP contribution < -0.4 is 10.2 Å². The van der Waals surface area contributed by atoms with E-state index < -0.39 is 0 Å². The summed E-state index contributed by atoms with van der Waals surface area (Å²) in [6.07, 6.45) is 4.90. The lowest BCUT2D eigenvalue weighted by Gasteiger charge is -2.27. The second-order valence-electron chi connectivity index (χ2n) is 6.76. The highest BCUT2D eigenvalue weighted by atomic mass is 32.1. The second-order valence-corrected chi connectivity index (χ2v) is 7.62. The van der Waals surface area contributed by atoms with Gasteiger partial charge in [0.05, 0.1) is 18.9 Å². The van der Waals surface area contributed by atoms with Crippen molar-refractivity contribution in [1.29, 1.82) is 0 Å². The van der Waals surface area contributed by atoms with Gasteiger partial charge in [-0.15, -0.1) is 11.3 Å². The number of benzene rings is 1. The first kappa shape index (κ1) is 20.2. The maximum absolute atomic E-state index is 13.0. The molecule has 1 aromatic carbocycles. The first-order chi connectivity index (χ1) is 14.7. The molecule has 6 nitrogen and oxygen atoms in total. The van der Waals surface area contributed by atoms with E-state index >= 15 is 0 Å². The number of anilines is 1. The minimum atomic E-state index is -0.280. The molecule has 2 aromatic heterocycles. The van der Waals surface area contributed by atoms with E-state index in [1.165, 1.54) is 29.5 Å². The number of rotatable bonds is 6. The van der Waals surface area contributed by atoms with Crippen LogP contribution >= 0.6 is 11.3 Å². The molecule has 0 bridgehead atoms. The molecular weight excluding hydrogens is 403 g/mol. The van der Waals surface area contributed by atoms with Crippen LogP contribution in [0.2, 0.25) is 0 Å². The quantitative estimate of drug-likeness (QED) is 0.614. The van der Waals surface area contributed by atoms with Crippen LogP contribution in [-0.2, 0) is 16.1 Å². The Morgan fingerprint density at radius 3 is 2.73 bits per heavy atom. The minimum Gasteiger partial charge on any atom is -0.378 e. The van der Waals surface area contributed by atoms with Crippen molar-refractivity contribution in [2.24, 2.45) is 0 Å². The van der Waals surface area contributed by atoms with E-state index in [0.717, 1.165) is 48.3 Å². The fraction of sp³-hybridized carbons (Fsp3) is 0.227. The molecule has 1 saturated heterocycles. The molecule has 0 radical (unpaired) electrons. The lowest BCUT2D eigenvalue weighted by atomic mass is 10.2. The van der Waals surface area contributed by atoms with E-state index in [2.05, 4.69) is 20.2 Å². The molecule has 1 aliphatic heterocycles. The van der Waals surface area contributed by atoms with Gasteiger partial charge in [0.25, 0.3) is 0 Å². The molecule has 0 spiro atoms. The van der Waals surface area contributed by atoms with Crippen LogP contribution in [0.3, 0.4) is 0 Å². The van der Waals surface area contributed by atoms with Crippen molar-refractivity contribution in [2.45, 2.75) is 6.54 Å². The fourth-order valence-electron chi connectivity index (χ4n) is 3.00. The molecular formula is C22H21FN4O2S. The van der Waals surface area contributed by atoms with E-state index in [9.17, 15) is 9.18 Å². The van der Waals surface area contributed by atoms with Gasteiger partial charge in [0.1, 0.15) is 16.6 Å². The number of carbonyl (C=O) groups excluding carboxylic acids is 1. The smallest absolute Gasteiger partial charge is 0.244 e. The van der Waals surface area contributed by atoms with Crippen LogP contribution in [0.1, 0.15) is 11.3 Å². The molecule has 0 atom stereocenters. The molecule has 3 aromatic rings. The average molecular weight is 425 g/mol. The Labute approximate surface area is 178 Å². The number of thiazole rings is 1. The van der Waals surface area contributed by atoms with Gasteiger partial charge in [0.15, 0.2) is 0 Å². The van der Waals surface area contributed by atoms with Gasteiger partial charge in [-0.25, -0.2) is 14.4 Å². The first-order valence-electron chi connectivity index (χ1n) is 9.62. The maximum atomic E-state index is 13.0. The number of nitrogens with zero attached hydrogens (tertiary/aromatic N) is 3. The maximum Gasteiger partial charge on any atom is 0.244 e. The molecule has 1 amide bonds.